The van der Waals surface area contributed by atoms with Crippen molar-refractivity contribution in [3.63, 3.8) is 0 Å². The quantitative estimate of drug-likeness (QED) is 0.309. The molecule has 1 aliphatic carbocycles. The number of benzene rings is 4. The van der Waals surface area contributed by atoms with Crippen molar-refractivity contribution >= 4 is 15.9 Å². The van der Waals surface area contributed by atoms with Gasteiger partial charge in [-0.15, -0.1) is 0 Å². The fraction of sp³-hybridized carbons (Fsp3) is 0.111. The second-order valence-electron chi connectivity index (χ2n) is 7.81. The summed E-state index contributed by atoms with van der Waals surface area (Å²) in [6, 6.07) is 30.3. The van der Waals surface area contributed by atoms with Crippen molar-refractivity contribution in [1.29, 1.82) is 0 Å². The Hall–Kier alpha value is -2.84. The largest absolute Gasteiger partial charge is 0.507 e. The first kappa shape index (κ1) is 18.2. The summed E-state index contributed by atoms with van der Waals surface area (Å²) >= 11 is 3.71. The third kappa shape index (κ3) is 2.52. The first-order chi connectivity index (χ1) is 14.0. The van der Waals surface area contributed by atoms with Crippen molar-refractivity contribution in [2.75, 3.05) is 0 Å². The van der Waals surface area contributed by atoms with Gasteiger partial charge in [0.25, 0.3) is 0 Å². The second kappa shape index (κ2) is 6.60. The smallest absolute Gasteiger partial charge is 0.121 e. The maximum atomic E-state index is 10.5. The van der Waals surface area contributed by atoms with Crippen molar-refractivity contribution in [1.82, 2.24) is 0 Å². The zero-order valence-electron chi connectivity index (χ0n) is 16.4. The van der Waals surface area contributed by atoms with E-state index in [0.717, 1.165) is 15.6 Å². The summed E-state index contributed by atoms with van der Waals surface area (Å²) in [5.74, 6) is 0.373. The standard InChI is InChI=1S/C27H21BrO/c1-17-14-20(15-18(2)26(17)29)27(19-8-4-3-5-9-19)24-11-7-6-10-22(24)23-13-12-21(28)16-25(23)27/h3-16,29H,1-2H3. The van der Waals surface area contributed by atoms with Gasteiger partial charge in [-0.2, -0.15) is 0 Å². The molecule has 142 valence electrons. The third-order valence-electron chi connectivity index (χ3n) is 6.14. The molecule has 5 rings (SSSR count). The molecule has 0 fully saturated rings. The van der Waals surface area contributed by atoms with Crippen LogP contribution in [-0.4, -0.2) is 5.11 Å². The SMILES string of the molecule is Cc1cc(C2(c3ccccc3)c3ccccc3-c3ccc(Br)cc32)cc(C)c1O. The lowest BCUT2D eigenvalue weighted by molar-refractivity contribution is 0.466. The van der Waals surface area contributed by atoms with Gasteiger partial charge in [-0.25, -0.2) is 0 Å². The van der Waals surface area contributed by atoms with Gasteiger partial charge in [0.2, 0.25) is 0 Å². The van der Waals surface area contributed by atoms with E-state index in [-0.39, 0.29) is 0 Å². The maximum Gasteiger partial charge on any atom is 0.121 e. The third-order valence-corrected chi connectivity index (χ3v) is 6.63. The number of phenols is 1. The van der Waals surface area contributed by atoms with Crippen molar-refractivity contribution in [3.8, 4) is 16.9 Å². The number of halogens is 1. The highest BCUT2D eigenvalue weighted by Crippen LogP contribution is 2.56. The van der Waals surface area contributed by atoms with Crippen molar-refractivity contribution in [2.45, 2.75) is 19.3 Å². The van der Waals surface area contributed by atoms with Gasteiger partial charge < -0.3 is 5.11 Å². The normalized spacial score (nSPS) is 17.1. The minimum atomic E-state index is -0.430. The molecule has 4 aromatic carbocycles. The van der Waals surface area contributed by atoms with Crippen LogP contribution in [0, 0.1) is 13.8 Å². The molecule has 1 nitrogen and oxygen atoms in total. The van der Waals surface area contributed by atoms with Crippen molar-refractivity contribution in [2.24, 2.45) is 0 Å². The summed E-state index contributed by atoms with van der Waals surface area (Å²) < 4.78 is 1.07. The Morgan fingerprint density at radius 1 is 0.655 bits per heavy atom. The molecule has 1 aliphatic rings. The molecule has 0 heterocycles. The van der Waals surface area contributed by atoms with Crippen LogP contribution in [0.5, 0.6) is 5.75 Å². The summed E-state index contributed by atoms with van der Waals surface area (Å²) in [6.45, 7) is 3.96. The molecule has 29 heavy (non-hydrogen) atoms. The Morgan fingerprint density at radius 3 is 2.00 bits per heavy atom. The van der Waals surface area contributed by atoms with Crippen LogP contribution in [0.4, 0.5) is 0 Å². The summed E-state index contributed by atoms with van der Waals surface area (Å²) in [7, 11) is 0. The molecule has 0 aromatic heterocycles. The van der Waals surface area contributed by atoms with Crippen molar-refractivity contribution < 1.29 is 5.11 Å². The Labute approximate surface area is 179 Å². The lowest BCUT2D eigenvalue weighted by Crippen LogP contribution is -2.28. The number of rotatable bonds is 2. The van der Waals surface area contributed by atoms with E-state index in [1.807, 2.05) is 13.8 Å². The number of aryl methyl sites for hydroxylation is 2. The van der Waals surface area contributed by atoms with E-state index in [9.17, 15) is 5.11 Å². The molecule has 1 atom stereocenters. The van der Waals surface area contributed by atoms with Gasteiger partial charge in [-0.1, -0.05) is 88.7 Å². The Morgan fingerprint density at radius 2 is 1.28 bits per heavy atom. The maximum absolute atomic E-state index is 10.5. The van der Waals surface area contributed by atoms with Gasteiger partial charge in [0.1, 0.15) is 5.75 Å². The highest BCUT2D eigenvalue weighted by atomic mass is 79.9. The Bertz CT molecular complexity index is 1220. The molecule has 1 unspecified atom stereocenters. The van der Waals surface area contributed by atoms with Crippen LogP contribution in [-0.2, 0) is 5.41 Å². The molecule has 4 aromatic rings. The summed E-state index contributed by atoms with van der Waals surface area (Å²) in [5.41, 5.74) is 8.85. The number of hydrogen-bond acceptors (Lipinski definition) is 1. The van der Waals surface area contributed by atoms with Crippen LogP contribution in [0.25, 0.3) is 11.1 Å². The molecule has 0 radical (unpaired) electrons. The van der Waals surface area contributed by atoms with Crippen LogP contribution in [0.15, 0.2) is 89.4 Å². The molecule has 1 N–H and O–H groups in total. The minimum absolute atomic E-state index is 0.373. The predicted molar refractivity (Wildman–Crippen MR) is 123 cm³/mol. The predicted octanol–water partition coefficient (Wildman–Crippen LogP) is 7.13. The Kier molecular flexibility index (Phi) is 4.15. The molecular formula is C27H21BrO. The highest BCUT2D eigenvalue weighted by Gasteiger charge is 2.46. The highest BCUT2D eigenvalue weighted by molar-refractivity contribution is 9.10. The molecule has 0 saturated carbocycles. The van der Waals surface area contributed by atoms with Gasteiger partial charge in [0, 0.05) is 4.47 Å². The molecule has 2 heteroatoms. The van der Waals surface area contributed by atoms with Gasteiger partial charge in [0.05, 0.1) is 5.41 Å². The number of hydrogen-bond donors (Lipinski definition) is 1. The van der Waals surface area contributed by atoms with Crippen molar-refractivity contribution in [3.05, 3.63) is 123 Å². The molecule has 0 aliphatic heterocycles. The zero-order valence-corrected chi connectivity index (χ0v) is 18.0. The fourth-order valence-corrected chi connectivity index (χ4v) is 5.26. The van der Waals surface area contributed by atoms with E-state index in [1.54, 1.807) is 0 Å². The second-order valence-corrected chi connectivity index (χ2v) is 8.73. The summed E-state index contributed by atoms with van der Waals surface area (Å²) in [4.78, 5) is 0. The van der Waals surface area contributed by atoms with Gasteiger partial charge >= 0.3 is 0 Å². The summed E-state index contributed by atoms with van der Waals surface area (Å²) in [6.07, 6.45) is 0. The number of phenolic OH excluding ortho intramolecular Hbond substituents is 1. The average molecular weight is 441 g/mol. The van der Waals surface area contributed by atoms with Crippen LogP contribution in [0.2, 0.25) is 0 Å². The molecule has 0 amide bonds. The van der Waals surface area contributed by atoms with Gasteiger partial charge in [-0.3, -0.25) is 0 Å². The fourth-order valence-electron chi connectivity index (χ4n) is 4.90. The molecule has 0 bridgehead atoms. The van der Waals surface area contributed by atoms with E-state index in [4.69, 9.17) is 0 Å². The van der Waals surface area contributed by atoms with Gasteiger partial charge in [0.15, 0.2) is 0 Å². The molecular weight excluding hydrogens is 420 g/mol. The average Bonchev–Trinajstić information content (AvgIpc) is 3.02. The zero-order chi connectivity index (χ0) is 20.2. The van der Waals surface area contributed by atoms with E-state index >= 15 is 0 Å². The topological polar surface area (TPSA) is 20.2 Å². The van der Waals surface area contributed by atoms with E-state index < -0.39 is 5.41 Å². The molecule has 0 saturated heterocycles. The Balaban J connectivity index is 1.99. The number of fused-ring (bicyclic) bond motifs is 3. The first-order valence-corrected chi connectivity index (χ1v) is 10.6. The monoisotopic (exact) mass is 440 g/mol. The first-order valence-electron chi connectivity index (χ1n) is 9.79. The lowest BCUT2D eigenvalue weighted by atomic mass is 9.67. The lowest BCUT2D eigenvalue weighted by Gasteiger charge is -2.34. The van der Waals surface area contributed by atoms with Crippen LogP contribution < -0.4 is 0 Å². The minimum Gasteiger partial charge on any atom is -0.507 e. The van der Waals surface area contributed by atoms with Crippen LogP contribution >= 0.6 is 15.9 Å². The summed E-state index contributed by atoms with van der Waals surface area (Å²) in [5, 5.41) is 10.5. The van der Waals surface area contributed by atoms with E-state index in [1.165, 1.54) is 33.4 Å². The van der Waals surface area contributed by atoms with Crippen LogP contribution in [0.1, 0.15) is 33.4 Å². The van der Waals surface area contributed by atoms with Gasteiger partial charge in [-0.05, 0) is 70.5 Å². The molecule has 0 spiro atoms. The van der Waals surface area contributed by atoms with E-state index in [2.05, 4.69) is 101 Å². The van der Waals surface area contributed by atoms with Crippen LogP contribution in [0.3, 0.4) is 0 Å². The number of aromatic hydroxyl groups is 1. The van der Waals surface area contributed by atoms with E-state index in [0.29, 0.717) is 5.75 Å².